The molecule has 3 rings (SSSR count). The quantitative estimate of drug-likeness (QED) is 0.221. The number of β-lactam (4-membered cyclic amide) rings is 1. The fourth-order valence-corrected chi connectivity index (χ4v) is 4.72. The molecular weight excluding hydrogens is 457 g/mol. The second kappa shape index (κ2) is 8.73. The number of nitrogens with one attached hydrogen (secondary N) is 1. The van der Waals surface area contributed by atoms with Crippen LogP contribution in [-0.2, 0) is 24.0 Å². The zero-order valence-corrected chi connectivity index (χ0v) is 17.0. The van der Waals surface area contributed by atoms with Crippen LogP contribution in [0, 0.1) is 5.13 Å². The number of hydrogen-bond acceptors (Lipinski definition) is 10. The van der Waals surface area contributed by atoms with Crippen LogP contribution < -0.4 is 11.1 Å². The van der Waals surface area contributed by atoms with E-state index >= 15 is 0 Å². The smallest absolute Gasteiger partial charge is 0.352 e. The Balaban J connectivity index is 1.83. The number of halogens is 1. The van der Waals surface area contributed by atoms with E-state index in [4.69, 9.17) is 10.8 Å². The first-order chi connectivity index (χ1) is 14.6. The first kappa shape index (κ1) is 22.2. The van der Waals surface area contributed by atoms with Gasteiger partial charge in [0.2, 0.25) is 11.7 Å². The number of carboxylic acids is 2. The lowest BCUT2D eigenvalue weighted by molar-refractivity contribution is -0.150. The first-order valence-corrected chi connectivity index (χ1v) is 10.2. The molecule has 0 saturated carbocycles. The van der Waals surface area contributed by atoms with E-state index in [0.29, 0.717) is 16.9 Å². The average molecular weight is 471 g/mol. The van der Waals surface area contributed by atoms with Crippen LogP contribution in [0.4, 0.5) is 9.52 Å². The van der Waals surface area contributed by atoms with Crippen LogP contribution >= 0.6 is 23.1 Å². The van der Waals surface area contributed by atoms with Crippen molar-refractivity contribution in [2.45, 2.75) is 11.4 Å². The van der Waals surface area contributed by atoms with Crippen molar-refractivity contribution in [3.63, 3.8) is 0 Å². The molecule has 5 N–H and O–H groups in total. The molecule has 164 valence electrons. The van der Waals surface area contributed by atoms with Crippen molar-refractivity contribution < 1.29 is 38.6 Å². The van der Waals surface area contributed by atoms with Gasteiger partial charge in [0.15, 0.2) is 10.8 Å². The van der Waals surface area contributed by atoms with Crippen LogP contribution in [-0.4, -0.2) is 73.3 Å². The first-order valence-electron chi connectivity index (χ1n) is 8.34. The summed E-state index contributed by atoms with van der Waals surface area (Å²) in [6.45, 7) is 2.62. The molecule has 2 amide bonds. The van der Waals surface area contributed by atoms with Crippen molar-refractivity contribution in [2.75, 3.05) is 18.1 Å². The van der Waals surface area contributed by atoms with Gasteiger partial charge in [-0.15, -0.1) is 11.8 Å². The lowest BCUT2D eigenvalue weighted by Crippen LogP contribution is -2.71. The number of fused-ring (bicyclic) bond motifs is 1. The van der Waals surface area contributed by atoms with Crippen LogP contribution in [0.2, 0.25) is 0 Å². The van der Waals surface area contributed by atoms with E-state index < -0.39 is 58.3 Å². The normalized spacial score (nSPS) is 20.6. The number of thioether (sulfide) groups is 1. The lowest BCUT2D eigenvalue weighted by Gasteiger charge is -2.49. The molecule has 2 aliphatic heterocycles. The van der Waals surface area contributed by atoms with E-state index in [1.165, 1.54) is 17.8 Å². The van der Waals surface area contributed by atoms with Crippen LogP contribution in [0.5, 0.6) is 0 Å². The lowest BCUT2D eigenvalue weighted by atomic mass is 10.0. The number of carboxylic acid groups (broad SMARTS) is 2. The summed E-state index contributed by atoms with van der Waals surface area (Å²) in [5.41, 5.74) is 4.25. The van der Waals surface area contributed by atoms with Gasteiger partial charge in [0, 0.05) is 5.75 Å². The summed E-state index contributed by atoms with van der Waals surface area (Å²) in [6.07, 6.45) is 1.34. The molecule has 31 heavy (non-hydrogen) atoms. The SMILES string of the molecule is C=CC1=C(C(=O)O)N2C(=O)C(NC(=O)C(=NOCC(=O)O)c3nc(N)sc3F)C2SC1. The van der Waals surface area contributed by atoms with E-state index in [0.717, 1.165) is 4.90 Å². The minimum atomic E-state index is -1.39. The van der Waals surface area contributed by atoms with Gasteiger partial charge in [0.05, 0.1) is 0 Å². The Bertz CT molecular complexity index is 1050. The molecule has 0 spiro atoms. The van der Waals surface area contributed by atoms with Crippen LogP contribution in [0.1, 0.15) is 5.69 Å². The average Bonchev–Trinajstić information content (AvgIpc) is 3.05. The van der Waals surface area contributed by atoms with E-state index in [-0.39, 0.29) is 16.6 Å². The Labute approximate surface area is 181 Å². The minimum absolute atomic E-state index is 0.215. The monoisotopic (exact) mass is 471 g/mol. The maximum atomic E-state index is 14.1. The standard InChI is InChI=1S/C16H14FN5O7S2/c1-2-5-4-30-14-9(13(26)22(14)10(5)15(27)28)19-12(25)8(21-29-3-6(23)24)7-11(17)31-16(18)20-7/h2,9,14H,1,3-4H2,(H2,18,20)(H,19,25)(H,23,24)(H,27,28). The molecule has 2 aliphatic rings. The molecule has 1 aromatic rings. The highest BCUT2D eigenvalue weighted by Gasteiger charge is 2.54. The summed E-state index contributed by atoms with van der Waals surface area (Å²) >= 11 is 1.62. The Hall–Kier alpha value is -3.46. The molecule has 1 fully saturated rings. The van der Waals surface area contributed by atoms with Gasteiger partial charge in [-0.3, -0.25) is 14.5 Å². The van der Waals surface area contributed by atoms with E-state index in [9.17, 15) is 28.7 Å². The molecule has 2 atom stereocenters. The summed E-state index contributed by atoms with van der Waals surface area (Å²) in [5, 5.41) is 21.8. The molecule has 2 unspecified atom stereocenters. The topological polar surface area (TPSA) is 185 Å². The Morgan fingerprint density at radius 1 is 1.45 bits per heavy atom. The maximum absolute atomic E-state index is 14.1. The van der Waals surface area contributed by atoms with Crippen LogP contribution in [0.15, 0.2) is 29.1 Å². The van der Waals surface area contributed by atoms with Gasteiger partial charge in [0.1, 0.15) is 22.8 Å². The number of aromatic nitrogens is 1. The van der Waals surface area contributed by atoms with Crippen LogP contribution in [0.3, 0.4) is 0 Å². The molecule has 3 heterocycles. The Kier molecular flexibility index (Phi) is 6.26. The number of rotatable bonds is 8. The third-order valence-electron chi connectivity index (χ3n) is 4.12. The van der Waals surface area contributed by atoms with E-state index in [2.05, 4.69) is 26.9 Å². The molecular formula is C16H14FN5O7S2. The summed E-state index contributed by atoms with van der Waals surface area (Å²) < 4.78 is 14.1. The van der Waals surface area contributed by atoms with Gasteiger partial charge in [-0.05, 0) is 5.57 Å². The fourth-order valence-electron chi connectivity index (χ4n) is 2.82. The molecule has 15 heteroatoms. The van der Waals surface area contributed by atoms with Gasteiger partial charge in [0.25, 0.3) is 11.8 Å². The highest BCUT2D eigenvalue weighted by atomic mass is 32.2. The molecule has 1 saturated heterocycles. The number of carbonyl (C=O) groups excluding carboxylic acids is 2. The van der Waals surface area contributed by atoms with Gasteiger partial charge in [-0.2, -0.15) is 4.39 Å². The van der Waals surface area contributed by atoms with Gasteiger partial charge in [-0.1, -0.05) is 29.1 Å². The fraction of sp³-hybridized carbons (Fsp3) is 0.250. The number of hydrogen-bond donors (Lipinski definition) is 4. The summed E-state index contributed by atoms with van der Waals surface area (Å²) in [4.78, 5) is 56.6. The Morgan fingerprint density at radius 2 is 2.16 bits per heavy atom. The number of anilines is 1. The van der Waals surface area contributed by atoms with Crippen molar-refractivity contribution in [2.24, 2.45) is 5.16 Å². The number of carbonyl (C=O) groups is 4. The summed E-state index contributed by atoms with van der Waals surface area (Å²) in [5.74, 6) is -4.25. The maximum Gasteiger partial charge on any atom is 0.352 e. The zero-order valence-electron chi connectivity index (χ0n) is 15.4. The third-order valence-corrected chi connectivity index (χ3v) is 6.09. The predicted molar refractivity (Wildman–Crippen MR) is 106 cm³/mol. The van der Waals surface area contributed by atoms with E-state index in [1.807, 2.05) is 0 Å². The van der Waals surface area contributed by atoms with Crippen LogP contribution in [0.25, 0.3) is 0 Å². The van der Waals surface area contributed by atoms with Crippen molar-refractivity contribution in [3.8, 4) is 0 Å². The predicted octanol–water partition coefficient (Wildman–Crippen LogP) is -0.406. The molecule has 1 aromatic heterocycles. The number of nitrogens with zero attached hydrogens (tertiary/aromatic N) is 3. The van der Waals surface area contributed by atoms with Crippen molar-refractivity contribution in [1.29, 1.82) is 0 Å². The highest BCUT2D eigenvalue weighted by Crippen LogP contribution is 2.40. The number of oxime groups is 1. The zero-order chi connectivity index (χ0) is 22.9. The van der Waals surface area contributed by atoms with Crippen molar-refractivity contribution in [3.05, 3.63) is 34.7 Å². The highest BCUT2D eigenvalue weighted by molar-refractivity contribution is 8.00. The molecule has 0 aromatic carbocycles. The van der Waals surface area contributed by atoms with Gasteiger partial charge in [-0.25, -0.2) is 14.6 Å². The largest absolute Gasteiger partial charge is 0.479 e. The van der Waals surface area contributed by atoms with Gasteiger partial charge >= 0.3 is 11.9 Å². The number of nitrogen functional groups attached to an aromatic ring is 1. The Morgan fingerprint density at radius 3 is 2.71 bits per heavy atom. The van der Waals surface area contributed by atoms with Gasteiger partial charge < -0.3 is 26.1 Å². The second-order valence-electron chi connectivity index (χ2n) is 6.03. The number of thiazole rings is 1. The number of aliphatic carboxylic acids is 2. The molecule has 0 aliphatic carbocycles. The minimum Gasteiger partial charge on any atom is -0.479 e. The van der Waals surface area contributed by atoms with E-state index in [1.54, 1.807) is 0 Å². The van der Waals surface area contributed by atoms with Crippen molar-refractivity contribution >= 4 is 57.7 Å². The number of amides is 2. The third kappa shape index (κ3) is 4.22. The second-order valence-corrected chi connectivity index (χ2v) is 8.11. The number of nitrogens with two attached hydrogens (primary N) is 1. The molecule has 0 radical (unpaired) electrons. The van der Waals surface area contributed by atoms with Crippen molar-refractivity contribution in [1.82, 2.24) is 15.2 Å². The summed E-state index contributed by atoms with van der Waals surface area (Å²) in [6, 6.07) is -1.14. The number of allylic oxidation sites excluding steroid dienone is 1. The summed E-state index contributed by atoms with van der Waals surface area (Å²) in [7, 11) is 0. The molecule has 0 bridgehead atoms. The molecule has 12 nitrogen and oxygen atoms in total.